The van der Waals surface area contributed by atoms with Gasteiger partial charge in [0, 0.05) is 32.5 Å². The lowest BCUT2D eigenvalue weighted by Crippen LogP contribution is -2.63. The maximum Gasteiger partial charge on any atom is 0.122 e. The monoisotopic (exact) mass is 240 g/mol. The summed E-state index contributed by atoms with van der Waals surface area (Å²) in [4.78, 5) is 2.52. The number of nitrogens with one attached hydrogen (secondary N) is 1. The standard InChI is InChI=1S/C14H28N2O/c1-4-13(5-2)7-10-15-14(17-13)8-11-16(6-3)12-9-14/h15H,4-12H2,1-3H3. The molecular formula is C14H28N2O. The van der Waals surface area contributed by atoms with Crippen molar-refractivity contribution in [1.29, 1.82) is 0 Å². The lowest BCUT2D eigenvalue weighted by atomic mass is 9.87. The molecule has 2 saturated heterocycles. The average Bonchev–Trinajstić information content (AvgIpc) is 2.40. The fourth-order valence-corrected chi connectivity index (χ4v) is 3.28. The van der Waals surface area contributed by atoms with Gasteiger partial charge in [-0.1, -0.05) is 20.8 Å². The summed E-state index contributed by atoms with van der Waals surface area (Å²) >= 11 is 0. The van der Waals surface area contributed by atoms with Crippen LogP contribution in [-0.4, -0.2) is 42.4 Å². The van der Waals surface area contributed by atoms with Gasteiger partial charge in [0.1, 0.15) is 5.72 Å². The third kappa shape index (κ3) is 2.67. The highest BCUT2D eigenvalue weighted by molar-refractivity contribution is 4.94. The first-order valence-electron chi connectivity index (χ1n) is 7.35. The van der Waals surface area contributed by atoms with Crippen LogP contribution in [0.5, 0.6) is 0 Å². The number of nitrogens with zero attached hydrogens (tertiary/aromatic N) is 1. The minimum atomic E-state index is -0.0179. The van der Waals surface area contributed by atoms with Gasteiger partial charge in [-0.15, -0.1) is 0 Å². The smallest absolute Gasteiger partial charge is 0.122 e. The van der Waals surface area contributed by atoms with Crippen molar-refractivity contribution in [2.45, 2.75) is 64.2 Å². The first-order chi connectivity index (χ1) is 8.17. The normalized spacial score (nSPS) is 28.4. The third-order valence-electron chi connectivity index (χ3n) is 4.84. The van der Waals surface area contributed by atoms with E-state index in [1.54, 1.807) is 0 Å². The molecule has 0 amide bonds. The second-order valence-electron chi connectivity index (χ2n) is 5.60. The minimum absolute atomic E-state index is 0.0179. The van der Waals surface area contributed by atoms with E-state index in [0.717, 1.165) is 32.2 Å². The van der Waals surface area contributed by atoms with E-state index in [-0.39, 0.29) is 11.3 Å². The molecule has 0 aromatic carbocycles. The lowest BCUT2D eigenvalue weighted by molar-refractivity contribution is -0.220. The Kier molecular flexibility index (Phi) is 4.11. The predicted molar refractivity (Wildman–Crippen MR) is 71.1 cm³/mol. The molecule has 0 aromatic heterocycles. The van der Waals surface area contributed by atoms with Crippen LogP contribution in [0.4, 0.5) is 0 Å². The van der Waals surface area contributed by atoms with E-state index in [9.17, 15) is 0 Å². The Balaban J connectivity index is 2.01. The van der Waals surface area contributed by atoms with Crippen molar-refractivity contribution in [1.82, 2.24) is 10.2 Å². The third-order valence-corrected chi connectivity index (χ3v) is 4.84. The molecule has 0 aliphatic carbocycles. The molecular weight excluding hydrogens is 212 g/mol. The van der Waals surface area contributed by atoms with E-state index >= 15 is 0 Å². The lowest BCUT2D eigenvalue weighted by Gasteiger charge is -2.51. The molecule has 3 nitrogen and oxygen atoms in total. The van der Waals surface area contributed by atoms with Gasteiger partial charge in [-0.05, 0) is 25.8 Å². The van der Waals surface area contributed by atoms with Crippen LogP contribution in [0.1, 0.15) is 52.9 Å². The van der Waals surface area contributed by atoms with Crippen molar-refractivity contribution in [2.75, 3.05) is 26.2 Å². The number of rotatable bonds is 3. The van der Waals surface area contributed by atoms with Gasteiger partial charge in [0.2, 0.25) is 0 Å². The van der Waals surface area contributed by atoms with Crippen LogP contribution in [0.25, 0.3) is 0 Å². The summed E-state index contributed by atoms with van der Waals surface area (Å²) in [6, 6.07) is 0. The highest BCUT2D eigenvalue weighted by Crippen LogP contribution is 2.37. The molecule has 2 rings (SSSR count). The Hall–Kier alpha value is -0.120. The van der Waals surface area contributed by atoms with Gasteiger partial charge in [-0.25, -0.2) is 0 Å². The van der Waals surface area contributed by atoms with Crippen LogP contribution in [0, 0.1) is 0 Å². The molecule has 0 aromatic rings. The largest absolute Gasteiger partial charge is 0.354 e. The van der Waals surface area contributed by atoms with E-state index in [2.05, 4.69) is 31.0 Å². The molecule has 1 spiro atoms. The molecule has 2 aliphatic rings. The van der Waals surface area contributed by atoms with Gasteiger partial charge in [0.05, 0.1) is 5.60 Å². The van der Waals surface area contributed by atoms with Crippen LogP contribution in [0.3, 0.4) is 0 Å². The van der Waals surface area contributed by atoms with Gasteiger partial charge in [-0.2, -0.15) is 0 Å². The summed E-state index contributed by atoms with van der Waals surface area (Å²) in [6.45, 7) is 11.4. The molecule has 0 radical (unpaired) electrons. The first-order valence-corrected chi connectivity index (χ1v) is 7.35. The highest BCUT2D eigenvalue weighted by Gasteiger charge is 2.44. The summed E-state index contributed by atoms with van der Waals surface area (Å²) in [7, 11) is 0. The van der Waals surface area contributed by atoms with Crippen LogP contribution < -0.4 is 5.32 Å². The van der Waals surface area contributed by atoms with Gasteiger partial charge in [0.25, 0.3) is 0 Å². The summed E-state index contributed by atoms with van der Waals surface area (Å²) in [5.41, 5.74) is 0.121. The Labute approximate surface area is 106 Å². The zero-order valence-corrected chi connectivity index (χ0v) is 11.7. The van der Waals surface area contributed by atoms with Crippen LogP contribution in [0.15, 0.2) is 0 Å². The van der Waals surface area contributed by atoms with Crippen LogP contribution in [0.2, 0.25) is 0 Å². The molecule has 17 heavy (non-hydrogen) atoms. The minimum Gasteiger partial charge on any atom is -0.354 e. The quantitative estimate of drug-likeness (QED) is 0.819. The zero-order chi connectivity index (χ0) is 12.4. The summed E-state index contributed by atoms with van der Waals surface area (Å²) in [5, 5.41) is 3.65. The van der Waals surface area contributed by atoms with Crippen molar-refractivity contribution in [3.63, 3.8) is 0 Å². The van der Waals surface area contributed by atoms with E-state index in [4.69, 9.17) is 4.74 Å². The predicted octanol–water partition coefficient (Wildman–Crippen LogP) is 2.37. The molecule has 2 aliphatic heterocycles. The average molecular weight is 240 g/mol. The number of piperidine rings is 1. The Morgan fingerprint density at radius 2 is 1.71 bits per heavy atom. The Morgan fingerprint density at radius 1 is 1.06 bits per heavy atom. The van der Waals surface area contributed by atoms with Crippen LogP contribution >= 0.6 is 0 Å². The van der Waals surface area contributed by atoms with E-state index in [1.807, 2.05) is 0 Å². The van der Waals surface area contributed by atoms with E-state index < -0.39 is 0 Å². The number of ether oxygens (including phenoxy) is 1. The van der Waals surface area contributed by atoms with Crippen molar-refractivity contribution in [2.24, 2.45) is 0 Å². The van der Waals surface area contributed by atoms with Gasteiger partial charge < -0.3 is 9.64 Å². The summed E-state index contributed by atoms with van der Waals surface area (Å²) in [6.07, 6.45) is 5.74. The van der Waals surface area contributed by atoms with E-state index in [1.165, 1.54) is 26.1 Å². The molecule has 2 fully saturated rings. The number of likely N-dealkylation sites (tertiary alicyclic amines) is 1. The Morgan fingerprint density at radius 3 is 2.24 bits per heavy atom. The molecule has 0 saturated carbocycles. The van der Waals surface area contributed by atoms with Gasteiger partial charge >= 0.3 is 0 Å². The molecule has 0 unspecified atom stereocenters. The first kappa shape index (κ1) is 13.3. The number of hydrogen-bond donors (Lipinski definition) is 1. The maximum absolute atomic E-state index is 6.56. The van der Waals surface area contributed by atoms with Gasteiger partial charge in [-0.3, -0.25) is 5.32 Å². The van der Waals surface area contributed by atoms with Crippen molar-refractivity contribution in [3.8, 4) is 0 Å². The molecule has 1 N–H and O–H groups in total. The fraction of sp³-hybridized carbons (Fsp3) is 1.00. The zero-order valence-electron chi connectivity index (χ0n) is 11.7. The molecule has 0 bridgehead atoms. The molecule has 0 atom stereocenters. The van der Waals surface area contributed by atoms with Gasteiger partial charge in [0.15, 0.2) is 0 Å². The van der Waals surface area contributed by atoms with E-state index in [0.29, 0.717) is 0 Å². The van der Waals surface area contributed by atoms with Crippen molar-refractivity contribution in [3.05, 3.63) is 0 Å². The second kappa shape index (κ2) is 5.25. The maximum atomic E-state index is 6.56. The van der Waals surface area contributed by atoms with Crippen LogP contribution in [-0.2, 0) is 4.74 Å². The highest BCUT2D eigenvalue weighted by atomic mass is 16.5. The summed E-state index contributed by atoms with van der Waals surface area (Å²) < 4.78 is 6.56. The molecule has 2 heterocycles. The van der Waals surface area contributed by atoms with Crippen molar-refractivity contribution >= 4 is 0 Å². The van der Waals surface area contributed by atoms with Crippen molar-refractivity contribution < 1.29 is 4.74 Å². The number of hydrogen-bond acceptors (Lipinski definition) is 3. The SMILES string of the molecule is CCN1CCC2(CC1)NCCC(CC)(CC)O2. The summed E-state index contributed by atoms with van der Waals surface area (Å²) in [5.74, 6) is 0. The Bertz CT molecular complexity index is 243. The molecule has 3 heteroatoms. The fourth-order valence-electron chi connectivity index (χ4n) is 3.28. The second-order valence-corrected chi connectivity index (χ2v) is 5.60. The molecule has 100 valence electrons. The topological polar surface area (TPSA) is 24.5 Å².